The van der Waals surface area contributed by atoms with Crippen LogP contribution in [-0.4, -0.2) is 19.4 Å². The quantitative estimate of drug-likeness (QED) is 0.782. The van der Waals surface area contributed by atoms with E-state index in [1.165, 1.54) is 16.1 Å². The van der Waals surface area contributed by atoms with Crippen LogP contribution in [0.5, 0.6) is 0 Å². The molecule has 3 heteroatoms. The van der Waals surface area contributed by atoms with Crippen LogP contribution < -0.4 is 5.32 Å². The predicted molar refractivity (Wildman–Crippen MR) is 56.4 cm³/mol. The number of benzene rings is 1. The van der Waals surface area contributed by atoms with Gasteiger partial charge < -0.3 is 10.1 Å². The van der Waals surface area contributed by atoms with Gasteiger partial charge in [-0.2, -0.15) is 0 Å². The molecule has 1 aliphatic rings. The Morgan fingerprint density at radius 3 is 3.31 bits per heavy atom. The summed E-state index contributed by atoms with van der Waals surface area (Å²) in [4.78, 5) is 1.35. The Hall–Kier alpha value is -0.670. The predicted octanol–water partition coefficient (Wildman–Crippen LogP) is 2.35. The molecule has 13 heavy (non-hydrogen) atoms. The van der Waals surface area contributed by atoms with Crippen molar-refractivity contribution in [1.82, 2.24) is 0 Å². The minimum absolute atomic E-state index is 0.702. The normalized spacial score (nSPS) is 14.8. The smallest absolute Gasteiger partial charge is 0.0713 e. The van der Waals surface area contributed by atoms with Gasteiger partial charge in [-0.3, -0.25) is 0 Å². The van der Waals surface area contributed by atoms with E-state index in [0.717, 1.165) is 12.3 Å². The lowest BCUT2D eigenvalue weighted by molar-refractivity contribution is 0.184. The summed E-state index contributed by atoms with van der Waals surface area (Å²) in [6, 6.07) is 6.45. The summed E-state index contributed by atoms with van der Waals surface area (Å²) >= 11 is 1.91. The average Bonchev–Trinajstić information content (AvgIpc) is 2.18. The molecule has 2 nitrogen and oxygen atoms in total. The highest BCUT2D eigenvalue weighted by Crippen LogP contribution is 2.31. The first-order valence-electron chi connectivity index (χ1n) is 4.38. The van der Waals surface area contributed by atoms with Gasteiger partial charge in [0, 0.05) is 30.0 Å². The van der Waals surface area contributed by atoms with Crippen LogP contribution in [0, 0.1) is 0 Å². The Labute approximate surface area is 82.7 Å². The van der Waals surface area contributed by atoms with Gasteiger partial charge in [-0.1, -0.05) is 6.07 Å². The fourth-order valence-electron chi connectivity index (χ4n) is 1.44. The first kappa shape index (κ1) is 8.91. The number of nitrogens with one attached hydrogen (secondary N) is 1. The van der Waals surface area contributed by atoms with E-state index in [0.29, 0.717) is 6.61 Å². The molecule has 1 N–H and O–H groups in total. The Balaban J connectivity index is 2.24. The average molecular weight is 195 g/mol. The Kier molecular flexibility index (Phi) is 2.76. The summed E-state index contributed by atoms with van der Waals surface area (Å²) in [6.45, 7) is 1.77. The zero-order valence-corrected chi connectivity index (χ0v) is 8.49. The second-order valence-corrected chi connectivity index (χ2v) is 4.18. The van der Waals surface area contributed by atoms with Crippen LogP contribution in [0.1, 0.15) is 5.56 Å². The molecule has 1 heterocycles. The fraction of sp³-hybridized carbons (Fsp3) is 0.400. The van der Waals surface area contributed by atoms with Crippen molar-refractivity contribution in [3.8, 4) is 0 Å². The second-order valence-electron chi connectivity index (χ2n) is 3.04. The molecular formula is C10H13NOS. The van der Waals surface area contributed by atoms with Gasteiger partial charge >= 0.3 is 0 Å². The van der Waals surface area contributed by atoms with E-state index in [2.05, 4.69) is 23.5 Å². The van der Waals surface area contributed by atoms with Crippen molar-refractivity contribution < 1.29 is 4.74 Å². The van der Waals surface area contributed by atoms with Crippen LogP contribution in [0.15, 0.2) is 23.1 Å². The molecule has 0 amide bonds. The van der Waals surface area contributed by atoms with Gasteiger partial charge in [0.15, 0.2) is 0 Å². The number of fused-ring (bicyclic) bond motifs is 1. The fourth-order valence-corrected chi connectivity index (χ4v) is 2.39. The van der Waals surface area contributed by atoms with E-state index >= 15 is 0 Å². The van der Waals surface area contributed by atoms with Gasteiger partial charge in [0.2, 0.25) is 0 Å². The second kappa shape index (κ2) is 4.03. The van der Waals surface area contributed by atoms with Crippen LogP contribution >= 0.6 is 11.8 Å². The summed E-state index contributed by atoms with van der Waals surface area (Å²) in [5, 5.41) is 3.37. The molecule has 0 saturated carbocycles. The zero-order chi connectivity index (χ0) is 9.10. The third kappa shape index (κ3) is 1.98. The molecule has 0 aromatic heterocycles. The number of anilines is 1. The largest absolute Gasteiger partial charge is 0.383 e. The van der Waals surface area contributed by atoms with E-state index in [9.17, 15) is 0 Å². The van der Waals surface area contributed by atoms with Crippen molar-refractivity contribution in [3.63, 3.8) is 0 Å². The highest BCUT2D eigenvalue weighted by Gasteiger charge is 2.08. The highest BCUT2D eigenvalue weighted by atomic mass is 32.2. The number of hydrogen-bond acceptors (Lipinski definition) is 3. The van der Waals surface area contributed by atoms with Crippen molar-refractivity contribution in [2.75, 3.05) is 24.7 Å². The third-order valence-electron chi connectivity index (χ3n) is 2.03. The molecule has 0 fully saturated rings. The molecule has 0 bridgehead atoms. The molecule has 0 unspecified atom stereocenters. The topological polar surface area (TPSA) is 21.3 Å². The Morgan fingerprint density at radius 2 is 2.46 bits per heavy atom. The first-order valence-corrected chi connectivity index (χ1v) is 5.37. The van der Waals surface area contributed by atoms with Gasteiger partial charge in [-0.15, -0.1) is 11.8 Å². The van der Waals surface area contributed by atoms with Gasteiger partial charge in [0.1, 0.15) is 0 Å². The lowest BCUT2D eigenvalue weighted by atomic mass is 10.2. The van der Waals surface area contributed by atoms with Crippen LogP contribution in [0.25, 0.3) is 0 Å². The van der Waals surface area contributed by atoms with Crippen molar-refractivity contribution in [3.05, 3.63) is 23.8 Å². The maximum Gasteiger partial charge on any atom is 0.0713 e. The maximum atomic E-state index is 5.09. The molecule has 0 radical (unpaired) electrons. The number of thioether (sulfide) groups is 1. The molecule has 0 spiro atoms. The van der Waals surface area contributed by atoms with Gasteiger partial charge in [-0.25, -0.2) is 0 Å². The van der Waals surface area contributed by atoms with E-state index in [-0.39, 0.29) is 0 Å². The number of methoxy groups -OCH3 is 1. The molecule has 1 aromatic rings. The molecule has 0 atom stereocenters. The van der Waals surface area contributed by atoms with Gasteiger partial charge in [-0.05, 0) is 17.7 Å². The van der Waals surface area contributed by atoms with Crippen LogP contribution in [-0.2, 0) is 11.3 Å². The van der Waals surface area contributed by atoms with Crippen molar-refractivity contribution >= 4 is 17.4 Å². The standard InChI is InChI=1S/C10H13NOS/c1-12-7-8-2-3-9-10(6-8)13-5-4-11-9/h2-3,6,11H,4-5,7H2,1H3. The summed E-state index contributed by atoms with van der Waals surface area (Å²) < 4.78 is 5.09. The molecule has 2 rings (SSSR count). The molecule has 1 aliphatic heterocycles. The maximum absolute atomic E-state index is 5.09. The van der Waals surface area contributed by atoms with Gasteiger partial charge in [0.25, 0.3) is 0 Å². The molecular weight excluding hydrogens is 182 g/mol. The number of hydrogen-bond donors (Lipinski definition) is 1. The van der Waals surface area contributed by atoms with Crippen LogP contribution in [0.2, 0.25) is 0 Å². The molecule has 0 aliphatic carbocycles. The van der Waals surface area contributed by atoms with E-state index in [1.54, 1.807) is 7.11 Å². The number of ether oxygens (including phenoxy) is 1. The van der Waals surface area contributed by atoms with E-state index in [1.807, 2.05) is 11.8 Å². The zero-order valence-electron chi connectivity index (χ0n) is 7.67. The SMILES string of the molecule is COCc1ccc2c(c1)SCCN2. The van der Waals surface area contributed by atoms with E-state index in [4.69, 9.17) is 4.74 Å². The van der Waals surface area contributed by atoms with Crippen LogP contribution in [0.3, 0.4) is 0 Å². The van der Waals surface area contributed by atoms with Crippen molar-refractivity contribution in [2.24, 2.45) is 0 Å². The molecule has 70 valence electrons. The van der Waals surface area contributed by atoms with E-state index < -0.39 is 0 Å². The Morgan fingerprint density at radius 1 is 1.54 bits per heavy atom. The lowest BCUT2D eigenvalue weighted by Crippen LogP contribution is -2.10. The lowest BCUT2D eigenvalue weighted by Gasteiger charge is -2.17. The molecule has 0 saturated heterocycles. The number of rotatable bonds is 2. The third-order valence-corrected chi connectivity index (χ3v) is 3.09. The summed E-state index contributed by atoms with van der Waals surface area (Å²) in [6.07, 6.45) is 0. The van der Waals surface area contributed by atoms with Crippen molar-refractivity contribution in [2.45, 2.75) is 11.5 Å². The minimum atomic E-state index is 0.702. The summed E-state index contributed by atoms with van der Waals surface area (Å²) in [5.74, 6) is 1.16. The summed E-state index contributed by atoms with van der Waals surface area (Å²) in [5.41, 5.74) is 2.51. The first-order chi connectivity index (χ1) is 6.40. The summed E-state index contributed by atoms with van der Waals surface area (Å²) in [7, 11) is 1.73. The van der Waals surface area contributed by atoms with Gasteiger partial charge in [0.05, 0.1) is 6.61 Å². The molecule has 1 aromatic carbocycles. The Bertz CT molecular complexity index is 301. The highest BCUT2D eigenvalue weighted by molar-refractivity contribution is 7.99. The monoisotopic (exact) mass is 195 g/mol. The van der Waals surface area contributed by atoms with Crippen molar-refractivity contribution in [1.29, 1.82) is 0 Å². The van der Waals surface area contributed by atoms with Crippen LogP contribution in [0.4, 0.5) is 5.69 Å². The minimum Gasteiger partial charge on any atom is -0.383 e.